The molecule has 0 radical (unpaired) electrons. The van der Waals surface area contributed by atoms with Crippen LogP contribution in [0.5, 0.6) is 0 Å². The van der Waals surface area contributed by atoms with Crippen LogP contribution in [-0.4, -0.2) is 43.6 Å². The largest absolute Gasteiger partial charge is 0.316 e. The van der Waals surface area contributed by atoms with Crippen molar-refractivity contribution in [2.45, 2.75) is 13.0 Å². The summed E-state index contributed by atoms with van der Waals surface area (Å²) in [7, 11) is -1.53. The molecule has 1 N–H and O–H groups in total. The Labute approximate surface area is 108 Å². The van der Waals surface area contributed by atoms with E-state index in [9.17, 15) is 8.42 Å². The fraction of sp³-hybridized carbons (Fsp3) is 0.583. The molecule has 0 aliphatic carbocycles. The first kappa shape index (κ1) is 13.5. The Kier molecular flexibility index (Phi) is 4.31. The molecule has 0 aromatic carbocycles. The SMILES string of the molecule is CN(Cc1ccncc1)S(=O)(=O)CC1CCNC1. The maximum Gasteiger partial charge on any atom is 0.214 e. The molecular weight excluding hydrogens is 250 g/mol. The molecule has 0 bridgehead atoms. The molecule has 1 aliphatic rings. The van der Waals surface area contributed by atoms with Crippen LogP contribution < -0.4 is 5.32 Å². The lowest BCUT2D eigenvalue weighted by Crippen LogP contribution is -2.32. The Balaban J connectivity index is 1.96. The van der Waals surface area contributed by atoms with E-state index in [1.165, 1.54) is 4.31 Å². The first-order valence-corrected chi connectivity index (χ1v) is 7.72. The van der Waals surface area contributed by atoms with E-state index in [1.54, 1.807) is 19.4 Å². The normalized spacial score (nSPS) is 20.4. The first-order valence-electron chi connectivity index (χ1n) is 6.11. The van der Waals surface area contributed by atoms with Crippen molar-refractivity contribution in [2.75, 3.05) is 25.9 Å². The highest BCUT2D eigenvalue weighted by Gasteiger charge is 2.25. The molecule has 1 fully saturated rings. The van der Waals surface area contributed by atoms with Crippen molar-refractivity contribution in [1.29, 1.82) is 0 Å². The van der Waals surface area contributed by atoms with Gasteiger partial charge in [0, 0.05) is 26.0 Å². The lowest BCUT2D eigenvalue weighted by molar-refractivity contribution is 0.456. The van der Waals surface area contributed by atoms with Crippen LogP contribution in [0, 0.1) is 5.92 Å². The molecule has 1 atom stereocenters. The highest BCUT2D eigenvalue weighted by Crippen LogP contribution is 2.14. The van der Waals surface area contributed by atoms with Crippen molar-refractivity contribution in [3.05, 3.63) is 30.1 Å². The number of hydrogen-bond donors (Lipinski definition) is 1. The molecule has 0 saturated carbocycles. The zero-order chi connectivity index (χ0) is 13.0. The molecule has 0 spiro atoms. The second-order valence-electron chi connectivity index (χ2n) is 4.75. The summed E-state index contributed by atoms with van der Waals surface area (Å²) in [5.74, 6) is 0.483. The number of nitrogens with zero attached hydrogens (tertiary/aromatic N) is 2. The standard InChI is InChI=1S/C12H19N3O2S/c1-15(9-11-2-5-13-6-3-11)18(16,17)10-12-4-7-14-8-12/h2-3,5-6,12,14H,4,7-10H2,1H3. The molecule has 1 aliphatic heterocycles. The van der Waals surface area contributed by atoms with Crippen LogP contribution in [0.25, 0.3) is 0 Å². The molecule has 1 saturated heterocycles. The van der Waals surface area contributed by atoms with Crippen LogP contribution in [0.4, 0.5) is 0 Å². The van der Waals surface area contributed by atoms with E-state index in [0.717, 1.165) is 25.1 Å². The average molecular weight is 269 g/mol. The van der Waals surface area contributed by atoms with Crippen LogP contribution in [0.2, 0.25) is 0 Å². The van der Waals surface area contributed by atoms with Gasteiger partial charge in [0.1, 0.15) is 0 Å². The first-order chi connectivity index (χ1) is 8.58. The average Bonchev–Trinajstić information content (AvgIpc) is 2.82. The molecule has 18 heavy (non-hydrogen) atoms. The molecule has 6 heteroatoms. The number of sulfonamides is 1. The fourth-order valence-electron chi connectivity index (χ4n) is 2.13. The third kappa shape index (κ3) is 3.51. The van der Waals surface area contributed by atoms with Gasteiger partial charge in [-0.15, -0.1) is 0 Å². The molecule has 1 unspecified atom stereocenters. The monoisotopic (exact) mass is 269 g/mol. The summed E-state index contributed by atoms with van der Waals surface area (Å²) >= 11 is 0. The summed E-state index contributed by atoms with van der Waals surface area (Å²) in [4.78, 5) is 3.92. The van der Waals surface area contributed by atoms with Crippen molar-refractivity contribution in [1.82, 2.24) is 14.6 Å². The van der Waals surface area contributed by atoms with Crippen molar-refractivity contribution in [3.8, 4) is 0 Å². The van der Waals surface area contributed by atoms with Crippen molar-refractivity contribution in [2.24, 2.45) is 5.92 Å². The zero-order valence-electron chi connectivity index (χ0n) is 10.5. The van der Waals surface area contributed by atoms with E-state index >= 15 is 0 Å². The number of nitrogens with one attached hydrogen (secondary N) is 1. The number of rotatable bonds is 5. The fourth-order valence-corrected chi connectivity index (χ4v) is 3.61. The van der Waals surface area contributed by atoms with E-state index in [4.69, 9.17) is 0 Å². The van der Waals surface area contributed by atoms with Crippen molar-refractivity contribution >= 4 is 10.0 Å². The Morgan fingerprint density at radius 3 is 2.78 bits per heavy atom. The van der Waals surface area contributed by atoms with Gasteiger partial charge in [-0.25, -0.2) is 12.7 Å². The molecular formula is C12H19N3O2S. The second kappa shape index (κ2) is 5.77. The second-order valence-corrected chi connectivity index (χ2v) is 6.87. The minimum absolute atomic E-state index is 0.238. The van der Waals surface area contributed by atoms with Gasteiger partial charge in [0.15, 0.2) is 0 Å². The zero-order valence-corrected chi connectivity index (χ0v) is 11.4. The summed E-state index contributed by atoms with van der Waals surface area (Å²) in [6, 6.07) is 3.67. The third-order valence-corrected chi connectivity index (χ3v) is 5.21. The predicted octanol–water partition coefficient (Wildman–Crippen LogP) is 0.453. The minimum Gasteiger partial charge on any atom is -0.316 e. The highest BCUT2D eigenvalue weighted by atomic mass is 32.2. The summed E-state index contributed by atoms with van der Waals surface area (Å²) < 4.78 is 25.8. The van der Waals surface area contributed by atoms with Crippen LogP contribution in [0.15, 0.2) is 24.5 Å². The Hall–Kier alpha value is -0.980. The van der Waals surface area contributed by atoms with E-state index in [-0.39, 0.29) is 11.7 Å². The quantitative estimate of drug-likeness (QED) is 0.843. The van der Waals surface area contributed by atoms with Gasteiger partial charge in [-0.2, -0.15) is 0 Å². The van der Waals surface area contributed by atoms with Gasteiger partial charge in [0.25, 0.3) is 0 Å². The van der Waals surface area contributed by atoms with Gasteiger partial charge in [-0.1, -0.05) is 0 Å². The van der Waals surface area contributed by atoms with E-state index in [2.05, 4.69) is 10.3 Å². The van der Waals surface area contributed by atoms with Crippen molar-refractivity contribution < 1.29 is 8.42 Å². The highest BCUT2D eigenvalue weighted by molar-refractivity contribution is 7.89. The predicted molar refractivity (Wildman–Crippen MR) is 70.5 cm³/mol. The van der Waals surface area contributed by atoms with Crippen LogP contribution in [0.1, 0.15) is 12.0 Å². The molecule has 2 heterocycles. The molecule has 0 amide bonds. The van der Waals surface area contributed by atoms with Crippen LogP contribution in [-0.2, 0) is 16.6 Å². The number of aromatic nitrogens is 1. The van der Waals surface area contributed by atoms with E-state index in [0.29, 0.717) is 6.54 Å². The molecule has 100 valence electrons. The summed E-state index contributed by atoms with van der Waals surface area (Å²) in [5.41, 5.74) is 0.959. The Bertz CT molecular complexity index is 469. The topological polar surface area (TPSA) is 62.3 Å². The Morgan fingerprint density at radius 2 is 2.17 bits per heavy atom. The third-order valence-electron chi connectivity index (χ3n) is 3.24. The maximum absolute atomic E-state index is 12.2. The number of pyridine rings is 1. The molecule has 1 aromatic heterocycles. The van der Waals surface area contributed by atoms with E-state index < -0.39 is 10.0 Å². The van der Waals surface area contributed by atoms with Crippen LogP contribution >= 0.6 is 0 Å². The summed E-state index contributed by atoms with van der Waals surface area (Å²) in [5, 5.41) is 3.19. The summed E-state index contributed by atoms with van der Waals surface area (Å²) in [6.07, 6.45) is 4.30. The van der Waals surface area contributed by atoms with Gasteiger partial charge < -0.3 is 5.32 Å². The van der Waals surface area contributed by atoms with Gasteiger partial charge >= 0.3 is 0 Å². The smallest absolute Gasteiger partial charge is 0.214 e. The van der Waals surface area contributed by atoms with Gasteiger partial charge in [0.05, 0.1) is 5.75 Å². The minimum atomic E-state index is -3.17. The Morgan fingerprint density at radius 1 is 1.44 bits per heavy atom. The lowest BCUT2D eigenvalue weighted by Gasteiger charge is -2.19. The molecule has 2 rings (SSSR count). The summed E-state index contributed by atoms with van der Waals surface area (Å²) in [6.45, 7) is 2.14. The van der Waals surface area contributed by atoms with Gasteiger partial charge in [-0.3, -0.25) is 4.98 Å². The lowest BCUT2D eigenvalue weighted by atomic mass is 10.2. The molecule has 1 aromatic rings. The van der Waals surface area contributed by atoms with Gasteiger partial charge in [0.2, 0.25) is 10.0 Å². The van der Waals surface area contributed by atoms with Crippen molar-refractivity contribution in [3.63, 3.8) is 0 Å². The van der Waals surface area contributed by atoms with Crippen LogP contribution in [0.3, 0.4) is 0 Å². The number of hydrogen-bond acceptors (Lipinski definition) is 4. The van der Waals surface area contributed by atoms with E-state index in [1.807, 2.05) is 12.1 Å². The maximum atomic E-state index is 12.2. The van der Waals surface area contributed by atoms with Gasteiger partial charge in [-0.05, 0) is 43.1 Å². The molecule has 5 nitrogen and oxygen atoms in total.